The van der Waals surface area contributed by atoms with Crippen LogP contribution in [0.3, 0.4) is 0 Å². The van der Waals surface area contributed by atoms with Crippen LogP contribution in [0.5, 0.6) is 0 Å². The number of methoxy groups -OCH3 is 1. The van der Waals surface area contributed by atoms with Gasteiger partial charge in [0, 0.05) is 18.9 Å². The first-order valence-electron chi connectivity index (χ1n) is 20.1. The molecule has 1 heterocycles. The molecule has 5 rings (SSSR count). The van der Waals surface area contributed by atoms with Crippen LogP contribution in [0, 0.1) is 0 Å². The minimum absolute atomic E-state index is 0.00743. The third kappa shape index (κ3) is 14.1. The van der Waals surface area contributed by atoms with E-state index in [0.717, 1.165) is 29.4 Å². The molecule has 1 aliphatic heterocycles. The third-order valence-corrected chi connectivity index (χ3v) is 10.1. The second kappa shape index (κ2) is 23.4. The molecule has 0 radical (unpaired) electrons. The second-order valence-corrected chi connectivity index (χ2v) is 14.5. The minimum Gasteiger partial charge on any atom is -0.468 e. The molecule has 0 aromatic heterocycles. The zero-order chi connectivity index (χ0) is 45.3. The summed E-state index contributed by atoms with van der Waals surface area (Å²) in [7, 11) is 1.15. The highest BCUT2D eigenvalue weighted by Crippen LogP contribution is 2.44. The van der Waals surface area contributed by atoms with Gasteiger partial charge in [-0.25, -0.2) is 9.59 Å². The van der Waals surface area contributed by atoms with Crippen molar-refractivity contribution < 1.29 is 67.5 Å². The van der Waals surface area contributed by atoms with Gasteiger partial charge in [-0.15, -0.1) is 0 Å². The number of hydrogen-bond acceptors (Lipinski definition) is 14. The second-order valence-electron chi connectivity index (χ2n) is 14.5. The Morgan fingerprint density at radius 1 is 0.635 bits per heavy atom. The molecule has 63 heavy (non-hydrogen) atoms. The Bertz CT molecular complexity index is 2070. The maximum absolute atomic E-state index is 13.3. The van der Waals surface area contributed by atoms with Crippen molar-refractivity contribution in [3.63, 3.8) is 0 Å². The lowest BCUT2D eigenvalue weighted by Crippen LogP contribution is -2.45. The van der Waals surface area contributed by atoms with E-state index in [2.05, 4.69) is 36.6 Å². The molecule has 20 nitrogen and oxygen atoms in total. The molecule has 0 bridgehead atoms. The maximum Gasteiger partial charge on any atom is 0.407 e. The molecule has 1 fully saturated rings. The lowest BCUT2D eigenvalue weighted by Gasteiger charge is -2.20. The van der Waals surface area contributed by atoms with E-state index < -0.39 is 104 Å². The fourth-order valence-corrected chi connectivity index (χ4v) is 6.82. The molecule has 0 saturated carbocycles. The van der Waals surface area contributed by atoms with E-state index in [1.807, 2.05) is 54.6 Å². The first-order chi connectivity index (χ1) is 30.3. The number of aliphatic hydroxyl groups excluding tert-OH is 2. The van der Waals surface area contributed by atoms with Crippen molar-refractivity contribution in [2.24, 2.45) is 0 Å². The van der Waals surface area contributed by atoms with Gasteiger partial charge in [-0.3, -0.25) is 28.8 Å². The molecule has 20 heteroatoms. The number of aliphatic hydroxyl groups is 2. The molecule has 0 unspecified atom stereocenters. The predicted molar refractivity (Wildman–Crippen MR) is 220 cm³/mol. The molecule has 1 saturated heterocycles. The summed E-state index contributed by atoms with van der Waals surface area (Å²) in [6.07, 6.45) is -7.16. The maximum atomic E-state index is 13.3. The van der Waals surface area contributed by atoms with Crippen molar-refractivity contribution in [3.05, 3.63) is 95.6 Å². The molecular formula is C43H50N6O14. The Morgan fingerprint density at radius 3 is 1.78 bits per heavy atom. The average Bonchev–Trinajstić information content (AvgIpc) is 3.76. The number of alkyl carbamates (subject to hydrolysis) is 1. The third-order valence-electron chi connectivity index (χ3n) is 10.1. The van der Waals surface area contributed by atoms with Crippen molar-refractivity contribution in [3.8, 4) is 11.1 Å². The van der Waals surface area contributed by atoms with Gasteiger partial charge < -0.3 is 61.1 Å². The van der Waals surface area contributed by atoms with E-state index in [1.54, 1.807) is 24.3 Å². The van der Waals surface area contributed by atoms with Gasteiger partial charge in [0.1, 0.15) is 44.1 Å². The molecule has 1 aliphatic carbocycles. The van der Waals surface area contributed by atoms with Gasteiger partial charge in [0.25, 0.3) is 0 Å². The summed E-state index contributed by atoms with van der Waals surface area (Å²) in [4.78, 5) is 98.6. The number of benzene rings is 3. The first kappa shape index (κ1) is 47.2. The van der Waals surface area contributed by atoms with Crippen molar-refractivity contribution in [1.29, 1.82) is 0 Å². The van der Waals surface area contributed by atoms with Gasteiger partial charge in [-0.05, 0) is 34.2 Å². The molecule has 336 valence electrons. The summed E-state index contributed by atoms with van der Waals surface area (Å²) in [6.45, 7) is -2.28. The van der Waals surface area contributed by atoms with E-state index in [4.69, 9.17) is 14.2 Å². The van der Waals surface area contributed by atoms with Gasteiger partial charge in [0.05, 0.1) is 39.3 Å². The predicted octanol–water partition coefficient (Wildman–Crippen LogP) is -0.949. The fourth-order valence-electron chi connectivity index (χ4n) is 6.82. The smallest absolute Gasteiger partial charge is 0.407 e. The number of carbonyl (C=O) groups is 8. The quantitative estimate of drug-likeness (QED) is 0.0474. The number of fused-ring (bicyclic) bond motifs is 3. The minimum atomic E-state index is -1.52. The number of amides is 6. The molecule has 2 aliphatic rings. The van der Waals surface area contributed by atoms with E-state index in [0.29, 0.717) is 5.56 Å². The Morgan fingerprint density at radius 2 is 1.17 bits per heavy atom. The monoisotopic (exact) mass is 874 g/mol. The SMILES string of the molecule is COC(=O)CNC(=O)CNC(=O)CNC(=O)CNC(=O)C[C@@H]1O[C@H](CNC(=O)CC[C@H](NC(=O)OCC2c3ccccc3-c3ccccc32)C(=O)OCc2ccccc2)[C@@H](O)[C@H]1O. The standard InChI is InChI=1S/C43H50N6O14/c1-60-39(55)22-48-38(54)21-47-37(53)20-46-36(52)19-45-35(51)17-32-40(56)41(57)33(63-32)18-44-34(50)16-15-31(42(58)61-23-25-9-3-2-4-10-25)49-43(59)62-24-30-28-13-7-5-11-26(28)27-12-6-8-14-29(27)30/h2-14,30-33,40-41,56-57H,15-24H2,1H3,(H,44,50)(H,45,51)(H,46,52)(H,47,53)(H,48,54)(H,49,59)/t31-,32-,33+,40-,41+/m0/s1. The largest absolute Gasteiger partial charge is 0.468 e. The summed E-state index contributed by atoms with van der Waals surface area (Å²) in [5, 5.41) is 35.3. The highest BCUT2D eigenvalue weighted by atomic mass is 16.6. The van der Waals surface area contributed by atoms with E-state index in [9.17, 15) is 48.6 Å². The lowest BCUT2D eigenvalue weighted by molar-refractivity contribution is -0.147. The Hall–Kier alpha value is -6.90. The van der Waals surface area contributed by atoms with Crippen LogP contribution in [0.4, 0.5) is 4.79 Å². The number of esters is 2. The summed E-state index contributed by atoms with van der Waals surface area (Å²) in [5.74, 6) is -5.15. The summed E-state index contributed by atoms with van der Waals surface area (Å²) in [5.41, 5.74) is 4.80. The fraction of sp³-hybridized carbons (Fsp3) is 0.395. The van der Waals surface area contributed by atoms with E-state index in [-0.39, 0.29) is 45.1 Å². The molecular weight excluding hydrogens is 825 g/mol. The zero-order valence-electron chi connectivity index (χ0n) is 34.3. The molecule has 3 aromatic carbocycles. The highest BCUT2D eigenvalue weighted by Gasteiger charge is 2.43. The normalized spacial score (nSPS) is 17.8. The van der Waals surface area contributed by atoms with Gasteiger partial charge in [-0.2, -0.15) is 0 Å². The number of ether oxygens (including phenoxy) is 4. The summed E-state index contributed by atoms with van der Waals surface area (Å²) >= 11 is 0. The molecule has 5 atom stereocenters. The van der Waals surface area contributed by atoms with Crippen LogP contribution in [0.2, 0.25) is 0 Å². The summed E-state index contributed by atoms with van der Waals surface area (Å²) in [6, 6.07) is 23.3. The molecule has 6 amide bonds. The Kier molecular flexibility index (Phi) is 17.5. The van der Waals surface area contributed by atoms with Crippen LogP contribution in [-0.2, 0) is 59.1 Å². The van der Waals surface area contributed by atoms with Crippen molar-refractivity contribution in [1.82, 2.24) is 31.9 Å². The van der Waals surface area contributed by atoms with Crippen molar-refractivity contribution >= 4 is 47.6 Å². The number of carbonyl (C=O) groups excluding carboxylic acids is 8. The topological polar surface area (TPSA) is 286 Å². The van der Waals surface area contributed by atoms with Crippen molar-refractivity contribution in [2.75, 3.05) is 46.4 Å². The van der Waals surface area contributed by atoms with Gasteiger partial charge in [0.2, 0.25) is 29.5 Å². The molecule has 0 spiro atoms. The lowest BCUT2D eigenvalue weighted by atomic mass is 9.98. The van der Waals surface area contributed by atoms with Gasteiger partial charge >= 0.3 is 18.0 Å². The number of rotatable bonds is 21. The van der Waals surface area contributed by atoms with Crippen LogP contribution in [0.25, 0.3) is 11.1 Å². The molecule has 8 N–H and O–H groups in total. The van der Waals surface area contributed by atoms with Crippen LogP contribution >= 0.6 is 0 Å². The van der Waals surface area contributed by atoms with Crippen LogP contribution in [0.15, 0.2) is 78.9 Å². The van der Waals surface area contributed by atoms with Crippen LogP contribution < -0.4 is 31.9 Å². The summed E-state index contributed by atoms with van der Waals surface area (Å²) < 4.78 is 21.1. The van der Waals surface area contributed by atoms with Crippen molar-refractivity contribution in [2.45, 2.75) is 62.2 Å². The number of hydrogen-bond donors (Lipinski definition) is 8. The van der Waals surface area contributed by atoms with Gasteiger partial charge in [-0.1, -0.05) is 78.9 Å². The Labute approximate surface area is 361 Å². The Balaban J connectivity index is 1.04. The van der Waals surface area contributed by atoms with E-state index >= 15 is 0 Å². The van der Waals surface area contributed by atoms with Crippen LogP contribution in [0.1, 0.15) is 41.9 Å². The van der Waals surface area contributed by atoms with Crippen LogP contribution in [-0.4, -0.2) is 135 Å². The average molecular weight is 875 g/mol. The highest BCUT2D eigenvalue weighted by molar-refractivity contribution is 5.91. The number of nitrogens with one attached hydrogen (secondary N) is 6. The molecule has 3 aromatic rings. The van der Waals surface area contributed by atoms with E-state index in [1.165, 1.54) is 0 Å². The zero-order valence-corrected chi connectivity index (χ0v) is 34.3. The van der Waals surface area contributed by atoms with Gasteiger partial charge in [0.15, 0.2) is 0 Å². The first-order valence-corrected chi connectivity index (χ1v) is 20.1.